The summed E-state index contributed by atoms with van der Waals surface area (Å²) < 4.78 is 0.862. The van der Waals surface area contributed by atoms with Gasteiger partial charge in [0.25, 0.3) is 0 Å². The van der Waals surface area contributed by atoms with Gasteiger partial charge in [-0.25, -0.2) is 5.01 Å². The van der Waals surface area contributed by atoms with Gasteiger partial charge in [-0.2, -0.15) is 5.10 Å². The molecule has 0 bridgehead atoms. The first-order chi connectivity index (χ1) is 10.6. The Hall–Kier alpha value is -2.14. The second kappa shape index (κ2) is 5.93. The van der Waals surface area contributed by atoms with Crippen LogP contribution in [0.1, 0.15) is 30.5 Å². The number of hydrogen-bond acceptors (Lipinski definition) is 3. The normalized spacial score (nSPS) is 17.5. The molecule has 3 rings (SSSR count). The van der Waals surface area contributed by atoms with Crippen LogP contribution in [-0.4, -0.2) is 21.7 Å². The van der Waals surface area contributed by atoms with Gasteiger partial charge >= 0.3 is 0 Å². The summed E-state index contributed by atoms with van der Waals surface area (Å²) in [5.74, 6) is 0.0532. The van der Waals surface area contributed by atoms with E-state index in [0.29, 0.717) is 17.7 Å². The molecule has 4 nitrogen and oxygen atoms in total. The summed E-state index contributed by atoms with van der Waals surface area (Å²) in [5, 5.41) is 16.0. The van der Waals surface area contributed by atoms with Crippen LogP contribution in [0.3, 0.4) is 0 Å². The number of benzene rings is 2. The summed E-state index contributed by atoms with van der Waals surface area (Å²) in [6.45, 7) is 1.50. The van der Waals surface area contributed by atoms with Crippen LogP contribution >= 0.6 is 15.9 Å². The Labute approximate surface area is 137 Å². The zero-order valence-electron chi connectivity index (χ0n) is 12.0. The van der Waals surface area contributed by atoms with Crippen molar-refractivity contribution in [2.75, 3.05) is 0 Å². The zero-order valence-corrected chi connectivity index (χ0v) is 13.6. The highest BCUT2D eigenvalue weighted by Crippen LogP contribution is 2.35. The minimum absolute atomic E-state index is 0.113. The van der Waals surface area contributed by atoms with Gasteiger partial charge in [0.05, 0.1) is 11.8 Å². The molecule has 1 N–H and O–H groups in total. The van der Waals surface area contributed by atoms with E-state index in [1.807, 2.05) is 36.4 Å². The lowest BCUT2D eigenvalue weighted by molar-refractivity contribution is -0.130. The largest absolute Gasteiger partial charge is 0.507 e. The highest BCUT2D eigenvalue weighted by Gasteiger charge is 2.32. The molecule has 0 radical (unpaired) electrons. The number of carbonyl (C=O) groups is 1. The van der Waals surface area contributed by atoms with Crippen LogP contribution in [0, 0.1) is 0 Å². The van der Waals surface area contributed by atoms with E-state index in [1.165, 1.54) is 11.9 Å². The average Bonchev–Trinajstić information content (AvgIpc) is 2.96. The Morgan fingerprint density at radius 3 is 2.68 bits per heavy atom. The van der Waals surface area contributed by atoms with Crippen molar-refractivity contribution in [2.45, 2.75) is 19.4 Å². The molecule has 0 fully saturated rings. The maximum atomic E-state index is 11.9. The molecule has 0 aliphatic carbocycles. The van der Waals surface area contributed by atoms with Gasteiger partial charge in [0, 0.05) is 23.4 Å². The van der Waals surface area contributed by atoms with Crippen molar-refractivity contribution in [1.82, 2.24) is 5.01 Å². The second-order valence-electron chi connectivity index (χ2n) is 5.20. The van der Waals surface area contributed by atoms with E-state index in [0.717, 1.165) is 10.0 Å². The quantitative estimate of drug-likeness (QED) is 0.886. The van der Waals surface area contributed by atoms with E-state index in [4.69, 9.17) is 0 Å². The third kappa shape index (κ3) is 2.76. The molecule has 2 aromatic rings. The van der Waals surface area contributed by atoms with E-state index in [-0.39, 0.29) is 17.7 Å². The number of phenols is 1. The Bertz CT molecular complexity index is 744. The zero-order chi connectivity index (χ0) is 15.7. The summed E-state index contributed by atoms with van der Waals surface area (Å²) in [6.07, 6.45) is 0.577. The van der Waals surface area contributed by atoms with Crippen molar-refractivity contribution in [1.29, 1.82) is 0 Å². The lowest BCUT2D eigenvalue weighted by Gasteiger charge is -2.20. The average molecular weight is 359 g/mol. The van der Waals surface area contributed by atoms with Crippen LogP contribution in [0.2, 0.25) is 0 Å². The topological polar surface area (TPSA) is 52.9 Å². The molecule has 5 heteroatoms. The summed E-state index contributed by atoms with van der Waals surface area (Å²) in [7, 11) is 0. The number of halogens is 1. The monoisotopic (exact) mass is 358 g/mol. The maximum Gasteiger partial charge on any atom is 0.240 e. The van der Waals surface area contributed by atoms with Gasteiger partial charge in [0.2, 0.25) is 5.91 Å². The molecule has 1 amide bonds. The third-order valence-corrected chi connectivity index (χ3v) is 4.18. The van der Waals surface area contributed by atoms with E-state index in [2.05, 4.69) is 21.0 Å². The van der Waals surface area contributed by atoms with Crippen LogP contribution in [-0.2, 0) is 4.79 Å². The number of amides is 1. The highest BCUT2D eigenvalue weighted by atomic mass is 79.9. The minimum Gasteiger partial charge on any atom is -0.507 e. The van der Waals surface area contributed by atoms with Gasteiger partial charge in [-0.3, -0.25) is 4.79 Å². The molecule has 1 aliphatic rings. The predicted molar refractivity (Wildman–Crippen MR) is 88.7 cm³/mol. The van der Waals surface area contributed by atoms with Gasteiger partial charge in [-0.1, -0.05) is 46.3 Å². The number of nitrogens with zero attached hydrogens (tertiary/aromatic N) is 2. The number of carbonyl (C=O) groups excluding carboxylic acids is 1. The maximum absolute atomic E-state index is 11.9. The SMILES string of the molecule is CC(=O)N1N=C(c2cc(Br)ccc2O)C[C@@H]1c1ccccc1. The predicted octanol–water partition coefficient (Wildman–Crippen LogP) is 3.85. The Morgan fingerprint density at radius 1 is 1.27 bits per heavy atom. The first kappa shape index (κ1) is 14.8. The van der Waals surface area contributed by atoms with E-state index >= 15 is 0 Å². The smallest absolute Gasteiger partial charge is 0.240 e. The molecule has 2 aromatic carbocycles. The molecule has 0 aromatic heterocycles. The number of hydrogen-bond donors (Lipinski definition) is 1. The fraction of sp³-hybridized carbons (Fsp3) is 0.176. The highest BCUT2D eigenvalue weighted by molar-refractivity contribution is 9.10. The molecular weight excluding hydrogens is 344 g/mol. The van der Waals surface area contributed by atoms with E-state index in [1.54, 1.807) is 12.1 Å². The molecule has 1 heterocycles. The second-order valence-corrected chi connectivity index (χ2v) is 6.12. The first-order valence-electron chi connectivity index (χ1n) is 6.97. The van der Waals surface area contributed by atoms with Crippen LogP contribution in [0.5, 0.6) is 5.75 Å². The van der Waals surface area contributed by atoms with E-state index in [9.17, 15) is 9.90 Å². The Morgan fingerprint density at radius 2 is 2.00 bits per heavy atom. The third-order valence-electron chi connectivity index (χ3n) is 3.69. The standard InChI is InChI=1S/C17H15BrN2O2/c1-11(21)20-16(12-5-3-2-4-6-12)10-15(19-20)14-9-13(18)7-8-17(14)22/h2-9,16,22H,10H2,1H3/t16-/m1/s1. The van der Waals surface area contributed by atoms with Crippen LogP contribution in [0.15, 0.2) is 58.1 Å². The van der Waals surface area contributed by atoms with Crippen LogP contribution in [0.4, 0.5) is 0 Å². The van der Waals surface area contributed by atoms with Crippen molar-refractivity contribution < 1.29 is 9.90 Å². The molecule has 22 heavy (non-hydrogen) atoms. The van der Waals surface area contributed by atoms with Crippen LogP contribution in [0.25, 0.3) is 0 Å². The van der Waals surface area contributed by atoms with Crippen LogP contribution < -0.4 is 0 Å². The number of phenolic OH excluding ortho intramolecular Hbond substituents is 1. The number of hydrazone groups is 1. The Kier molecular flexibility index (Phi) is 3.98. The van der Waals surface area contributed by atoms with Gasteiger partial charge in [-0.05, 0) is 23.8 Å². The van der Waals surface area contributed by atoms with Gasteiger partial charge in [-0.15, -0.1) is 0 Å². The summed E-state index contributed by atoms with van der Waals surface area (Å²) in [6, 6.07) is 14.9. The van der Waals surface area contributed by atoms with Crippen molar-refractivity contribution in [3.8, 4) is 5.75 Å². The Balaban J connectivity index is 2.00. The van der Waals surface area contributed by atoms with Gasteiger partial charge in [0.1, 0.15) is 5.75 Å². The minimum atomic E-state index is -0.132. The summed E-state index contributed by atoms with van der Waals surface area (Å²) in [5.41, 5.74) is 2.40. The van der Waals surface area contributed by atoms with Gasteiger partial charge in [0.15, 0.2) is 0 Å². The lowest BCUT2D eigenvalue weighted by atomic mass is 9.98. The van der Waals surface area contributed by atoms with Crippen molar-refractivity contribution >= 4 is 27.5 Å². The fourth-order valence-corrected chi connectivity index (χ4v) is 3.00. The molecular formula is C17H15BrN2O2. The molecule has 0 spiro atoms. The van der Waals surface area contributed by atoms with Crippen molar-refractivity contribution in [3.05, 3.63) is 64.1 Å². The first-order valence-corrected chi connectivity index (χ1v) is 7.76. The number of rotatable bonds is 2. The van der Waals surface area contributed by atoms with E-state index < -0.39 is 0 Å². The summed E-state index contributed by atoms with van der Waals surface area (Å²) in [4.78, 5) is 11.9. The van der Waals surface area contributed by atoms with Crippen molar-refractivity contribution in [2.24, 2.45) is 5.10 Å². The number of aromatic hydroxyl groups is 1. The molecule has 112 valence electrons. The fourth-order valence-electron chi connectivity index (χ4n) is 2.64. The molecule has 0 saturated heterocycles. The molecule has 1 atom stereocenters. The molecule has 0 unspecified atom stereocenters. The molecule has 1 aliphatic heterocycles. The lowest BCUT2D eigenvalue weighted by Crippen LogP contribution is -2.24. The summed E-state index contributed by atoms with van der Waals surface area (Å²) >= 11 is 3.40. The molecule has 0 saturated carbocycles. The van der Waals surface area contributed by atoms with Gasteiger partial charge < -0.3 is 5.11 Å². The van der Waals surface area contributed by atoms with Crippen molar-refractivity contribution in [3.63, 3.8) is 0 Å².